The summed E-state index contributed by atoms with van der Waals surface area (Å²) in [6.07, 6.45) is 4.34. The Balaban J connectivity index is 1.53. The fourth-order valence-electron chi connectivity index (χ4n) is 5.77. The van der Waals surface area contributed by atoms with Gasteiger partial charge in [-0.2, -0.15) is 0 Å². The number of fused-ring (bicyclic) bond motifs is 2. The molecule has 39 heavy (non-hydrogen) atoms. The Bertz CT molecular complexity index is 1540. The molecule has 0 saturated carbocycles. The van der Waals surface area contributed by atoms with Crippen molar-refractivity contribution in [1.29, 1.82) is 0 Å². The molecule has 6 rings (SSSR count). The van der Waals surface area contributed by atoms with Crippen molar-refractivity contribution in [2.24, 2.45) is 5.16 Å². The average molecular weight is 527 g/mol. The lowest BCUT2D eigenvalue weighted by Crippen LogP contribution is -2.57. The van der Waals surface area contributed by atoms with Crippen LogP contribution in [0.1, 0.15) is 17.5 Å². The Morgan fingerprint density at radius 1 is 1.15 bits per heavy atom. The number of benzene rings is 3. The number of hydrogen-bond acceptors (Lipinski definition) is 7. The van der Waals surface area contributed by atoms with Crippen LogP contribution in [0.3, 0.4) is 0 Å². The number of aromatic nitrogens is 1. The van der Waals surface area contributed by atoms with Crippen LogP contribution in [-0.2, 0) is 9.57 Å². The number of halogens is 1. The van der Waals surface area contributed by atoms with Crippen molar-refractivity contribution in [2.75, 3.05) is 38.3 Å². The molecular weight excluding hydrogens is 495 g/mol. The third-order valence-electron chi connectivity index (χ3n) is 7.58. The molecule has 0 spiro atoms. The number of oxime groups is 1. The number of morpholine rings is 1. The maximum atomic E-state index is 14.6. The fourth-order valence-corrected chi connectivity index (χ4v) is 5.77. The first-order valence-electron chi connectivity index (χ1n) is 13.2. The van der Waals surface area contributed by atoms with Crippen LogP contribution < -0.4 is 10.2 Å². The van der Waals surface area contributed by atoms with E-state index in [1.807, 2.05) is 43.5 Å². The second-order valence-corrected chi connectivity index (χ2v) is 10.1. The van der Waals surface area contributed by atoms with Crippen molar-refractivity contribution in [3.63, 3.8) is 0 Å². The van der Waals surface area contributed by atoms with Gasteiger partial charge in [0.05, 0.1) is 30.1 Å². The van der Waals surface area contributed by atoms with Crippen LogP contribution in [0.2, 0.25) is 0 Å². The summed E-state index contributed by atoms with van der Waals surface area (Å²) in [4.78, 5) is 11.9. The minimum atomic E-state index is -0.275. The van der Waals surface area contributed by atoms with Crippen molar-refractivity contribution in [1.82, 2.24) is 10.3 Å². The van der Waals surface area contributed by atoms with Crippen LogP contribution in [0.25, 0.3) is 33.2 Å². The zero-order valence-corrected chi connectivity index (χ0v) is 22.0. The Hall–Kier alpha value is -4.01. The number of nitrogens with one attached hydrogen (secondary N) is 1. The van der Waals surface area contributed by atoms with Gasteiger partial charge in [-0.3, -0.25) is 4.98 Å². The summed E-state index contributed by atoms with van der Waals surface area (Å²) in [5.41, 5.74) is 6.40. The minimum absolute atomic E-state index is 0.0711. The molecule has 3 heterocycles. The molecule has 2 atom stereocenters. The minimum Gasteiger partial charge on any atom is -0.507 e. The van der Waals surface area contributed by atoms with Gasteiger partial charge in [-0.15, -0.1) is 0 Å². The SMILES string of the molecule is CON=Cc1cccc(-c2ccc3ncc(-c4cc(C)cc(F)c4)c(N4CCC5NCCOC5C4)c3c2)c1O. The molecule has 2 saturated heterocycles. The van der Waals surface area contributed by atoms with Gasteiger partial charge in [0.15, 0.2) is 0 Å². The Kier molecular flexibility index (Phi) is 6.89. The number of aryl methyl sites for hydroxylation is 1. The standard InChI is InChI=1S/C31H31FN4O3/c1-19-12-22(14-23(32)13-19)26-17-34-27-7-6-20(24-5-3-4-21(31(24)37)16-35-38-2)15-25(27)30(26)36-10-8-28-29(18-36)39-11-9-33-28/h3-7,12-17,28-29,33,37H,8-11,18H2,1-2H3. The number of piperidine rings is 1. The highest BCUT2D eigenvalue weighted by molar-refractivity contribution is 6.02. The Morgan fingerprint density at radius 2 is 2.05 bits per heavy atom. The van der Waals surface area contributed by atoms with Gasteiger partial charge >= 0.3 is 0 Å². The summed E-state index contributed by atoms with van der Waals surface area (Å²) in [6.45, 7) is 5.00. The van der Waals surface area contributed by atoms with Gasteiger partial charge in [0.1, 0.15) is 18.7 Å². The van der Waals surface area contributed by atoms with Crippen LogP contribution in [0.4, 0.5) is 10.1 Å². The highest BCUT2D eigenvalue weighted by Crippen LogP contribution is 2.41. The lowest BCUT2D eigenvalue weighted by atomic mass is 9.94. The Labute approximate surface area is 226 Å². The van der Waals surface area contributed by atoms with Crippen LogP contribution in [0, 0.1) is 12.7 Å². The lowest BCUT2D eigenvalue weighted by molar-refractivity contribution is -0.00896. The zero-order valence-electron chi connectivity index (χ0n) is 22.0. The first-order valence-corrected chi connectivity index (χ1v) is 13.2. The number of pyridine rings is 1. The second-order valence-electron chi connectivity index (χ2n) is 10.1. The van der Waals surface area contributed by atoms with E-state index in [-0.39, 0.29) is 17.7 Å². The van der Waals surface area contributed by atoms with Gasteiger partial charge in [0, 0.05) is 53.9 Å². The molecule has 2 N–H and O–H groups in total. The van der Waals surface area contributed by atoms with Gasteiger partial charge in [0.2, 0.25) is 0 Å². The number of phenols is 1. The van der Waals surface area contributed by atoms with E-state index in [9.17, 15) is 9.50 Å². The number of hydrogen-bond donors (Lipinski definition) is 2. The summed E-state index contributed by atoms with van der Waals surface area (Å²) in [5, 5.41) is 19.4. The normalized spacial score (nSPS) is 19.4. The van der Waals surface area contributed by atoms with E-state index in [0.29, 0.717) is 23.8 Å². The lowest BCUT2D eigenvalue weighted by Gasteiger charge is -2.43. The van der Waals surface area contributed by atoms with Crippen molar-refractivity contribution < 1.29 is 19.1 Å². The largest absolute Gasteiger partial charge is 0.507 e. The smallest absolute Gasteiger partial charge is 0.132 e. The van der Waals surface area contributed by atoms with Gasteiger partial charge in [0.25, 0.3) is 0 Å². The maximum Gasteiger partial charge on any atom is 0.132 e. The molecular formula is C31H31FN4O3. The fraction of sp³-hybridized carbons (Fsp3) is 0.290. The number of phenolic OH excluding ortho intramolecular Hbond substituents is 1. The summed E-state index contributed by atoms with van der Waals surface area (Å²) >= 11 is 0. The molecule has 2 fully saturated rings. The van der Waals surface area contributed by atoms with E-state index in [0.717, 1.165) is 64.9 Å². The van der Waals surface area contributed by atoms with Crippen LogP contribution >= 0.6 is 0 Å². The summed E-state index contributed by atoms with van der Waals surface area (Å²) in [6, 6.07) is 16.9. The quantitative estimate of drug-likeness (QED) is 0.273. The zero-order chi connectivity index (χ0) is 26.9. The second kappa shape index (κ2) is 10.6. The third-order valence-corrected chi connectivity index (χ3v) is 7.58. The number of anilines is 1. The molecule has 2 unspecified atom stereocenters. The molecule has 4 aromatic rings. The molecule has 8 heteroatoms. The van der Waals surface area contributed by atoms with E-state index >= 15 is 0 Å². The first kappa shape index (κ1) is 25.3. The topological polar surface area (TPSA) is 79.2 Å². The molecule has 0 radical (unpaired) electrons. The number of para-hydroxylation sites is 1. The van der Waals surface area contributed by atoms with E-state index in [1.165, 1.54) is 19.4 Å². The molecule has 0 bridgehead atoms. The van der Waals surface area contributed by atoms with Crippen molar-refractivity contribution in [3.8, 4) is 28.0 Å². The molecule has 2 aliphatic rings. The predicted octanol–water partition coefficient (Wildman–Crippen LogP) is 5.27. The molecule has 200 valence electrons. The Morgan fingerprint density at radius 3 is 2.90 bits per heavy atom. The number of aromatic hydroxyl groups is 1. The van der Waals surface area contributed by atoms with Crippen LogP contribution in [0.15, 0.2) is 65.9 Å². The highest BCUT2D eigenvalue weighted by atomic mass is 19.1. The van der Waals surface area contributed by atoms with E-state index in [4.69, 9.17) is 14.6 Å². The maximum absolute atomic E-state index is 14.6. The van der Waals surface area contributed by atoms with E-state index in [1.54, 1.807) is 12.1 Å². The van der Waals surface area contributed by atoms with Crippen molar-refractivity contribution >= 4 is 22.8 Å². The summed E-state index contributed by atoms with van der Waals surface area (Å²) in [7, 11) is 1.46. The van der Waals surface area contributed by atoms with Gasteiger partial charge < -0.3 is 24.9 Å². The van der Waals surface area contributed by atoms with Crippen LogP contribution in [-0.4, -0.2) is 61.8 Å². The molecule has 0 aliphatic carbocycles. The summed E-state index contributed by atoms with van der Waals surface area (Å²) in [5.74, 6) is -0.158. The number of ether oxygens (including phenoxy) is 1. The monoisotopic (exact) mass is 526 g/mol. The average Bonchev–Trinajstić information content (AvgIpc) is 2.95. The van der Waals surface area contributed by atoms with Crippen LogP contribution in [0.5, 0.6) is 5.75 Å². The van der Waals surface area contributed by atoms with Gasteiger partial charge in [-0.05, 0) is 60.4 Å². The first-order chi connectivity index (χ1) is 19.0. The highest BCUT2D eigenvalue weighted by Gasteiger charge is 2.33. The molecule has 3 aromatic carbocycles. The molecule has 0 amide bonds. The van der Waals surface area contributed by atoms with Gasteiger partial charge in [-0.1, -0.05) is 29.4 Å². The van der Waals surface area contributed by atoms with Crippen molar-refractivity contribution in [2.45, 2.75) is 25.5 Å². The van der Waals surface area contributed by atoms with E-state index < -0.39 is 0 Å². The molecule has 2 aliphatic heterocycles. The number of rotatable bonds is 5. The molecule has 7 nitrogen and oxygen atoms in total. The third kappa shape index (κ3) is 4.93. The van der Waals surface area contributed by atoms with Crippen molar-refractivity contribution in [3.05, 3.63) is 77.7 Å². The van der Waals surface area contributed by atoms with E-state index in [2.05, 4.69) is 21.4 Å². The molecule has 1 aromatic heterocycles. The summed E-state index contributed by atoms with van der Waals surface area (Å²) < 4.78 is 20.7. The van der Waals surface area contributed by atoms with Gasteiger partial charge in [-0.25, -0.2) is 4.39 Å². The number of nitrogens with zero attached hydrogens (tertiary/aromatic N) is 3. The predicted molar refractivity (Wildman–Crippen MR) is 152 cm³/mol.